The summed E-state index contributed by atoms with van der Waals surface area (Å²) in [7, 11) is -3.83. The van der Waals surface area contributed by atoms with Crippen molar-refractivity contribution in [3.8, 4) is 0 Å². The number of nitrogens with zero attached hydrogens (tertiary/aromatic N) is 1. The summed E-state index contributed by atoms with van der Waals surface area (Å²) >= 11 is 0. The summed E-state index contributed by atoms with van der Waals surface area (Å²) in [6.07, 6.45) is 2.52. The van der Waals surface area contributed by atoms with Crippen molar-refractivity contribution in [3.05, 3.63) is 24.0 Å². The molecule has 5 nitrogen and oxygen atoms in total. The van der Waals surface area contributed by atoms with Gasteiger partial charge in [-0.25, -0.2) is 12.8 Å². The highest BCUT2D eigenvalue weighted by molar-refractivity contribution is 7.89. The van der Waals surface area contributed by atoms with Crippen molar-refractivity contribution in [1.82, 2.24) is 4.31 Å². The topological polar surface area (TPSA) is 72.6 Å². The number of hydrogen-bond acceptors (Lipinski definition) is 4. The summed E-state index contributed by atoms with van der Waals surface area (Å²) in [5.74, 6) is -0.597. The number of nitrogen functional groups attached to an aromatic ring is 1. The van der Waals surface area contributed by atoms with Gasteiger partial charge in [-0.3, -0.25) is 0 Å². The molecular formula is C14H19FN2O3S. The Balaban J connectivity index is 1.89. The van der Waals surface area contributed by atoms with E-state index in [1.165, 1.54) is 16.4 Å². The quantitative estimate of drug-likeness (QED) is 0.838. The summed E-state index contributed by atoms with van der Waals surface area (Å²) in [6, 6.07) is 3.71. The molecule has 1 heterocycles. The fourth-order valence-electron chi connectivity index (χ4n) is 2.64. The second kappa shape index (κ2) is 5.55. The maximum absolute atomic E-state index is 14.0. The lowest BCUT2D eigenvalue weighted by molar-refractivity contribution is 0.180. The van der Waals surface area contributed by atoms with Crippen LogP contribution in [-0.4, -0.2) is 38.5 Å². The van der Waals surface area contributed by atoms with Gasteiger partial charge in [0.05, 0.1) is 6.61 Å². The van der Waals surface area contributed by atoms with E-state index in [4.69, 9.17) is 10.5 Å². The van der Waals surface area contributed by atoms with Gasteiger partial charge in [0.15, 0.2) is 0 Å². The highest BCUT2D eigenvalue weighted by Gasteiger charge is 2.40. The lowest BCUT2D eigenvalue weighted by Gasteiger charge is -2.24. The zero-order chi connectivity index (χ0) is 15.0. The fourth-order valence-corrected chi connectivity index (χ4v) is 4.45. The van der Waals surface area contributed by atoms with Crippen molar-refractivity contribution < 1.29 is 17.5 Å². The number of ether oxygens (including phenoxy) is 1. The minimum atomic E-state index is -3.83. The highest BCUT2D eigenvalue weighted by atomic mass is 32.2. The van der Waals surface area contributed by atoms with E-state index in [1.54, 1.807) is 0 Å². The van der Waals surface area contributed by atoms with Crippen molar-refractivity contribution in [3.63, 3.8) is 0 Å². The molecule has 2 N–H and O–H groups in total. The Bertz CT molecular complexity index is 625. The number of halogens is 1. The first-order valence-corrected chi connectivity index (χ1v) is 8.57. The second-order valence-corrected chi connectivity index (χ2v) is 7.58. The van der Waals surface area contributed by atoms with Crippen LogP contribution in [0.1, 0.15) is 19.3 Å². The first-order valence-electron chi connectivity index (χ1n) is 7.13. The molecule has 116 valence electrons. The van der Waals surface area contributed by atoms with E-state index >= 15 is 0 Å². The summed E-state index contributed by atoms with van der Waals surface area (Å²) in [5.41, 5.74) is 5.70. The van der Waals surface area contributed by atoms with Crippen LogP contribution in [0, 0.1) is 11.7 Å². The standard InChI is InChI=1S/C14H19FN2O3S/c15-13-7-11(16)1-4-14(13)21(18,19)17(12-2-3-12)8-10-5-6-20-9-10/h1,4,7,10,12H,2-3,5-6,8-9,16H2. The van der Waals surface area contributed by atoms with Crippen molar-refractivity contribution in [2.75, 3.05) is 25.5 Å². The summed E-state index contributed by atoms with van der Waals surface area (Å²) < 4.78 is 46.2. The lowest BCUT2D eigenvalue weighted by Crippen LogP contribution is -2.37. The van der Waals surface area contributed by atoms with Gasteiger partial charge in [0.2, 0.25) is 10.0 Å². The maximum Gasteiger partial charge on any atom is 0.246 e. The van der Waals surface area contributed by atoms with Crippen LogP contribution in [0.4, 0.5) is 10.1 Å². The average Bonchev–Trinajstić information content (AvgIpc) is 3.11. The number of benzene rings is 1. The van der Waals surface area contributed by atoms with Crippen LogP contribution in [0.25, 0.3) is 0 Å². The predicted molar refractivity (Wildman–Crippen MR) is 76.7 cm³/mol. The predicted octanol–water partition coefficient (Wildman–Crippen LogP) is 1.60. The first-order chi connectivity index (χ1) is 9.98. The van der Waals surface area contributed by atoms with Crippen LogP contribution >= 0.6 is 0 Å². The third-order valence-corrected chi connectivity index (χ3v) is 5.91. The molecule has 0 bridgehead atoms. The van der Waals surface area contributed by atoms with Gasteiger partial charge in [-0.1, -0.05) is 0 Å². The van der Waals surface area contributed by atoms with E-state index in [0.717, 1.165) is 25.3 Å². The SMILES string of the molecule is Nc1ccc(S(=O)(=O)N(CC2CCOC2)C2CC2)c(F)c1. The molecule has 0 radical (unpaired) electrons. The van der Waals surface area contributed by atoms with Gasteiger partial charge < -0.3 is 10.5 Å². The molecule has 1 saturated carbocycles. The van der Waals surface area contributed by atoms with Gasteiger partial charge in [-0.05, 0) is 43.4 Å². The Labute approximate surface area is 123 Å². The zero-order valence-electron chi connectivity index (χ0n) is 11.7. The van der Waals surface area contributed by atoms with E-state index in [0.29, 0.717) is 19.8 Å². The van der Waals surface area contributed by atoms with E-state index < -0.39 is 15.8 Å². The van der Waals surface area contributed by atoms with Crippen molar-refractivity contribution >= 4 is 15.7 Å². The number of rotatable bonds is 5. The smallest absolute Gasteiger partial charge is 0.246 e. The van der Waals surface area contributed by atoms with Gasteiger partial charge in [0, 0.05) is 24.9 Å². The number of anilines is 1. The molecular weight excluding hydrogens is 295 g/mol. The minimum Gasteiger partial charge on any atom is -0.399 e. The van der Waals surface area contributed by atoms with Gasteiger partial charge >= 0.3 is 0 Å². The van der Waals surface area contributed by atoms with E-state index in [9.17, 15) is 12.8 Å². The van der Waals surface area contributed by atoms with Crippen LogP contribution in [0.15, 0.2) is 23.1 Å². The van der Waals surface area contributed by atoms with Crippen LogP contribution in [-0.2, 0) is 14.8 Å². The maximum atomic E-state index is 14.0. The highest BCUT2D eigenvalue weighted by Crippen LogP contribution is 2.34. The van der Waals surface area contributed by atoms with Crippen LogP contribution in [0.5, 0.6) is 0 Å². The van der Waals surface area contributed by atoms with Gasteiger partial charge in [0.25, 0.3) is 0 Å². The Morgan fingerprint density at radius 3 is 2.67 bits per heavy atom. The van der Waals surface area contributed by atoms with E-state index in [-0.39, 0.29) is 22.5 Å². The summed E-state index contributed by atoms with van der Waals surface area (Å²) in [6.45, 7) is 1.64. The van der Waals surface area contributed by atoms with Crippen molar-refractivity contribution in [2.45, 2.75) is 30.2 Å². The number of sulfonamides is 1. The molecule has 0 amide bonds. The van der Waals surface area contributed by atoms with Crippen LogP contribution < -0.4 is 5.73 Å². The summed E-state index contributed by atoms with van der Waals surface area (Å²) in [5, 5.41) is 0. The Morgan fingerprint density at radius 2 is 2.10 bits per heavy atom. The molecule has 1 atom stereocenters. The molecule has 2 aliphatic rings. The first kappa shape index (κ1) is 14.7. The van der Waals surface area contributed by atoms with E-state index in [1.807, 2.05) is 0 Å². The molecule has 1 unspecified atom stereocenters. The Hall–Kier alpha value is -1.18. The van der Waals surface area contributed by atoms with Gasteiger partial charge in [0.1, 0.15) is 10.7 Å². The molecule has 7 heteroatoms. The minimum absolute atomic E-state index is 0.00690. The van der Waals surface area contributed by atoms with Gasteiger partial charge in [-0.2, -0.15) is 4.31 Å². The molecule has 21 heavy (non-hydrogen) atoms. The molecule has 2 fully saturated rings. The summed E-state index contributed by atoms with van der Waals surface area (Å²) in [4.78, 5) is -0.289. The fraction of sp³-hybridized carbons (Fsp3) is 0.571. The lowest BCUT2D eigenvalue weighted by atomic mass is 10.1. The zero-order valence-corrected chi connectivity index (χ0v) is 12.5. The largest absolute Gasteiger partial charge is 0.399 e. The molecule has 1 aliphatic carbocycles. The monoisotopic (exact) mass is 314 g/mol. The molecule has 1 saturated heterocycles. The average molecular weight is 314 g/mol. The normalized spacial score (nSPS) is 22.9. The molecule has 1 aliphatic heterocycles. The van der Waals surface area contributed by atoms with Crippen LogP contribution in [0.3, 0.4) is 0 Å². The Morgan fingerprint density at radius 1 is 1.33 bits per heavy atom. The number of hydrogen-bond donors (Lipinski definition) is 1. The van der Waals surface area contributed by atoms with Gasteiger partial charge in [-0.15, -0.1) is 0 Å². The second-order valence-electron chi connectivity index (χ2n) is 5.73. The number of nitrogens with two attached hydrogens (primary N) is 1. The molecule has 1 aromatic rings. The Kier molecular flexibility index (Phi) is 3.90. The van der Waals surface area contributed by atoms with Crippen molar-refractivity contribution in [1.29, 1.82) is 0 Å². The molecule has 3 rings (SSSR count). The molecule has 1 aromatic carbocycles. The van der Waals surface area contributed by atoms with Crippen LogP contribution in [0.2, 0.25) is 0 Å². The molecule has 0 spiro atoms. The third kappa shape index (κ3) is 3.04. The van der Waals surface area contributed by atoms with Crippen molar-refractivity contribution in [2.24, 2.45) is 5.92 Å². The third-order valence-electron chi connectivity index (χ3n) is 3.96. The molecule has 0 aromatic heterocycles. The van der Waals surface area contributed by atoms with E-state index in [2.05, 4.69) is 0 Å².